The van der Waals surface area contributed by atoms with Gasteiger partial charge in [0, 0.05) is 11.9 Å². The number of aromatic nitrogens is 2. The van der Waals surface area contributed by atoms with E-state index in [1.54, 1.807) is 6.07 Å². The average Bonchev–Trinajstić information content (AvgIpc) is 2.82. The van der Waals surface area contributed by atoms with Gasteiger partial charge in [-0.25, -0.2) is 0 Å². The summed E-state index contributed by atoms with van der Waals surface area (Å²) in [4.78, 5) is 11.8. The van der Waals surface area contributed by atoms with Gasteiger partial charge >= 0.3 is 6.18 Å². The highest BCUT2D eigenvalue weighted by Crippen LogP contribution is 2.27. The largest absolute Gasteiger partial charge is 0.435 e. The predicted octanol–water partition coefficient (Wildman–Crippen LogP) is 2.78. The van der Waals surface area contributed by atoms with Crippen molar-refractivity contribution in [2.45, 2.75) is 12.7 Å². The molecule has 0 aliphatic heterocycles. The first-order chi connectivity index (χ1) is 9.75. The quantitative estimate of drug-likeness (QED) is 0.855. The number of nitrogens with zero attached hydrogens (tertiary/aromatic N) is 2. The molecule has 1 aromatic carbocycles. The van der Waals surface area contributed by atoms with E-state index in [1.165, 1.54) is 12.1 Å². The third kappa shape index (κ3) is 3.88. The Morgan fingerprint density at radius 1 is 1.38 bits per heavy atom. The number of hydrogen-bond donors (Lipinski definition) is 2. The molecule has 0 saturated carbocycles. The molecular formula is C12H10ClF3N4O. The Morgan fingerprint density at radius 2 is 2.10 bits per heavy atom. The van der Waals surface area contributed by atoms with E-state index in [4.69, 9.17) is 17.3 Å². The monoisotopic (exact) mass is 318 g/mol. The van der Waals surface area contributed by atoms with Crippen LogP contribution < -0.4 is 11.1 Å². The average molecular weight is 319 g/mol. The normalized spacial score (nSPS) is 11.4. The highest BCUT2D eigenvalue weighted by molar-refractivity contribution is 6.33. The van der Waals surface area contributed by atoms with Crippen molar-refractivity contribution in [1.29, 1.82) is 0 Å². The number of rotatable bonds is 3. The number of nitrogens with two attached hydrogens (primary N) is 1. The molecule has 0 aliphatic carbocycles. The van der Waals surface area contributed by atoms with Crippen LogP contribution in [-0.4, -0.2) is 15.7 Å². The molecule has 9 heteroatoms. The van der Waals surface area contributed by atoms with Crippen LogP contribution in [0.5, 0.6) is 0 Å². The van der Waals surface area contributed by atoms with Gasteiger partial charge in [-0.05, 0) is 24.3 Å². The summed E-state index contributed by atoms with van der Waals surface area (Å²) in [6, 6.07) is 5.30. The molecule has 1 aromatic heterocycles. The third-order valence-electron chi connectivity index (χ3n) is 2.50. The van der Waals surface area contributed by atoms with Crippen molar-refractivity contribution in [2.75, 3.05) is 11.1 Å². The third-order valence-corrected chi connectivity index (χ3v) is 2.83. The Kier molecular flexibility index (Phi) is 4.08. The molecule has 112 valence electrons. The summed E-state index contributed by atoms with van der Waals surface area (Å²) in [5.41, 5.74) is 5.18. The van der Waals surface area contributed by atoms with Crippen molar-refractivity contribution in [3.8, 4) is 0 Å². The predicted molar refractivity (Wildman–Crippen MR) is 71.7 cm³/mol. The summed E-state index contributed by atoms with van der Waals surface area (Å²) < 4.78 is 38.0. The molecule has 0 spiro atoms. The second-order valence-electron chi connectivity index (χ2n) is 4.18. The summed E-state index contributed by atoms with van der Waals surface area (Å²) in [5.74, 6) is -0.570. The van der Waals surface area contributed by atoms with Gasteiger partial charge in [0.15, 0.2) is 5.69 Å². The van der Waals surface area contributed by atoms with E-state index in [-0.39, 0.29) is 17.3 Å². The smallest absolute Gasteiger partial charge is 0.399 e. The van der Waals surface area contributed by atoms with E-state index in [1.807, 2.05) is 0 Å². The number of anilines is 2. The van der Waals surface area contributed by atoms with E-state index < -0.39 is 17.8 Å². The van der Waals surface area contributed by atoms with Crippen molar-refractivity contribution in [2.24, 2.45) is 0 Å². The number of nitrogen functional groups attached to an aromatic ring is 1. The second-order valence-corrected chi connectivity index (χ2v) is 4.59. The number of nitrogens with one attached hydrogen (secondary N) is 1. The van der Waals surface area contributed by atoms with Gasteiger partial charge in [0.05, 0.1) is 10.7 Å². The summed E-state index contributed by atoms with van der Waals surface area (Å²) in [6.07, 6.45) is -3.47. The summed E-state index contributed by atoms with van der Waals surface area (Å²) >= 11 is 5.87. The second kappa shape index (κ2) is 5.65. The van der Waals surface area contributed by atoms with E-state index in [2.05, 4.69) is 10.4 Å². The molecule has 1 heterocycles. The van der Waals surface area contributed by atoms with Gasteiger partial charge < -0.3 is 11.1 Å². The Balaban J connectivity index is 2.05. The summed E-state index contributed by atoms with van der Waals surface area (Å²) in [5, 5.41) is 6.00. The molecule has 0 atom stereocenters. The van der Waals surface area contributed by atoms with Gasteiger partial charge in [0.25, 0.3) is 0 Å². The van der Waals surface area contributed by atoms with Gasteiger partial charge in [0.1, 0.15) is 6.54 Å². The molecule has 0 fully saturated rings. The SMILES string of the molecule is Nc1ccc(Cl)c(NC(=O)Cn2ccc(C(F)(F)F)n2)c1. The Bertz CT molecular complexity index is 669. The molecule has 2 rings (SSSR count). The molecule has 1 amide bonds. The molecule has 5 nitrogen and oxygen atoms in total. The summed E-state index contributed by atoms with van der Waals surface area (Å²) in [6.45, 7) is -0.374. The number of hydrogen-bond acceptors (Lipinski definition) is 3. The lowest BCUT2D eigenvalue weighted by Gasteiger charge is -2.08. The van der Waals surface area contributed by atoms with E-state index in [0.717, 1.165) is 16.9 Å². The highest BCUT2D eigenvalue weighted by atomic mass is 35.5. The number of carbonyl (C=O) groups is 1. The van der Waals surface area contributed by atoms with Crippen LogP contribution in [-0.2, 0) is 17.5 Å². The van der Waals surface area contributed by atoms with Gasteiger partial charge in [-0.2, -0.15) is 18.3 Å². The van der Waals surface area contributed by atoms with Gasteiger partial charge in [0.2, 0.25) is 5.91 Å². The maximum absolute atomic E-state index is 12.4. The van der Waals surface area contributed by atoms with Crippen LogP contribution in [0.1, 0.15) is 5.69 Å². The molecule has 0 saturated heterocycles. The first kappa shape index (κ1) is 15.2. The van der Waals surface area contributed by atoms with E-state index in [0.29, 0.717) is 5.69 Å². The van der Waals surface area contributed by atoms with Crippen LogP contribution in [0.2, 0.25) is 5.02 Å². The Hall–Kier alpha value is -2.22. The lowest BCUT2D eigenvalue weighted by Crippen LogP contribution is -2.20. The lowest BCUT2D eigenvalue weighted by atomic mass is 10.3. The van der Waals surface area contributed by atoms with Crippen molar-refractivity contribution in [3.63, 3.8) is 0 Å². The lowest BCUT2D eigenvalue weighted by molar-refractivity contribution is -0.141. The van der Waals surface area contributed by atoms with Crippen molar-refractivity contribution < 1.29 is 18.0 Å². The first-order valence-corrected chi connectivity index (χ1v) is 6.09. The van der Waals surface area contributed by atoms with Crippen molar-refractivity contribution >= 4 is 28.9 Å². The minimum absolute atomic E-state index is 0.272. The zero-order valence-corrected chi connectivity index (χ0v) is 11.2. The number of amides is 1. The van der Waals surface area contributed by atoms with Crippen molar-refractivity contribution in [1.82, 2.24) is 9.78 Å². The van der Waals surface area contributed by atoms with Crippen LogP contribution in [0.15, 0.2) is 30.5 Å². The van der Waals surface area contributed by atoms with Crippen LogP contribution in [0.4, 0.5) is 24.5 Å². The zero-order chi connectivity index (χ0) is 15.6. The fraction of sp³-hybridized carbons (Fsp3) is 0.167. The first-order valence-electron chi connectivity index (χ1n) is 5.71. The molecule has 3 N–H and O–H groups in total. The topological polar surface area (TPSA) is 72.9 Å². The molecule has 2 aromatic rings. The molecule has 0 bridgehead atoms. The standard InChI is InChI=1S/C12H10ClF3N4O/c13-8-2-1-7(17)5-9(8)18-11(21)6-20-4-3-10(19-20)12(14,15)16/h1-5H,6,17H2,(H,18,21). The maximum atomic E-state index is 12.4. The van der Waals surface area contributed by atoms with Gasteiger partial charge in [-0.15, -0.1) is 0 Å². The minimum Gasteiger partial charge on any atom is -0.399 e. The Labute approximate surface area is 122 Å². The number of benzene rings is 1. The van der Waals surface area contributed by atoms with E-state index in [9.17, 15) is 18.0 Å². The molecule has 21 heavy (non-hydrogen) atoms. The maximum Gasteiger partial charge on any atom is 0.435 e. The molecule has 0 unspecified atom stereocenters. The number of carbonyl (C=O) groups excluding carboxylic acids is 1. The number of halogens is 4. The molecule has 0 radical (unpaired) electrons. The molecule has 0 aliphatic rings. The van der Waals surface area contributed by atoms with Gasteiger partial charge in [-0.3, -0.25) is 9.48 Å². The van der Waals surface area contributed by atoms with Crippen LogP contribution in [0, 0.1) is 0 Å². The van der Waals surface area contributed by atoms with Crippen LogP contribution in [0.25, 0.3) is 0 Å². The van der Waals surface area contributed by atoms with Crippen molar-refractivity contribution in [3.05, 3.63) is 41.2 Å². The summed E-state index contributed by atoms with van der Waals surface area (Å²) in [7, 11) is 0. The van der Waals surface area contributed by atoms with Crippen LogP contribution >= 0.6 is 11.6 Å². The van der Waals surface area contributed by atoms with E-state index >= 15 is 0 Å². The van der Waals surface area contributed by atoms with Crippen LogP contribution in [0.3, 0.4) is 0 Å². The Morgan fingerprint density at radius 3 is 2.71 bits per heavy atom. The fourth-order valence-electron chi connectivity index (χ4n) is 1.58. The molecular weight excluding hydrogens is 309 g/mol. The zero-order valence-electron chi connectivity index (χ0n) is 10.5. The highest BCUT2D eigenvalue weighted by Gasteiger charge is 2.33. The minimum atomic E-state index is -4.54. The van der Waals surface area contributed by atoms with Gasteiger partial charge in [-0.1, -0.05) is 11.6 Å². The fourth-order valence-corrected chi connectivity index (χ4v) is 1.74. The number of alkyl halides is 3.